The Morgan fingerprint density at radius 3 is 2.50 bits per heavy atom. The molecule has 0 amide bonds. The first-order chi connectivity index (χ1) is 5.02. The predicted molar refractivity (Wildman–Crippen MR) is 38.0 cm³/mol. The maximum atomic E-state index is 10.5. The van der Waals surface area contributed by atoms with Gasteiger partial charge in [-0.3, -0.25) is 4.55 Å². The number of hydrogen-bond acceptors (Lipinski definition) is 4. The SMILES string of the molecule is O=S(=O)(O)c1ccnnc1Cl.[H-].[Na+]. The van der Waals surface area contributed by atoms with E-state index in [0.717, 1.165) is 12.3 Å². The van der Waals surface area contributed by atoms with Gasteiger partial charge in [0.1, 0.15) is 4.90 Å². The molecule has 62 valence electrons. The Balaban J connectivity index is 0. The summed E-state index contributed by atoms with van der Waals surface area (Å²) < 4.78 is 29.4. The first kappa shape index (κ1) is 12.3. The predicted octanol–water partition coefficient (Wildman–Crippen LogP) is -2.51. The van der Waals surface area contributed by atoms with Gasteiger partial charge in [-0.15, -0.1) is 5.10 Å². The third-order valence-corrected chi connectivity index (χ3v) is 2.20. The fourth-order valence-electron chi connectivity index (χ4n) is 0.496. The molecule has 1 aromatic heterocycles. The second-order valence-electron chi connectivity index (χ2n) is 1.66. The number of nitrogens with zero attached hydrogens (tertiary/aromatic N) is 2. The van der Waals surface area contributed by atoms with Crippen LogP contribution in [0.4, 0.5) is 0 Å². The molecule has 5 nitrogen and oxygen atoms in total. The molecule has 0 fully saturated rings. The van der Waals surface area contributed by atoms with Crippen molar-refractivity contribution in [2.24, 2.45) is 0 Å². The van der Waals surface area contributed by atoms with Gasteiger partial charge in [0.05, 0.1) is 6.20 Å². The van der Waals surface area contributed by atoms with Crippen molar-refractivity contribution in [2.75, 3.05) is 0 Å². The molecule has 0 aliphatic rings. The van der Waals surface area contributed by atoms with Crippen molar-refractivity contribution in [3.8, 4) is 0 Å². The minimum atomic E-state index is -4.27. The zero-order valence-corrected chi connectivity index (χ0v) is 9.67. The van der Waals surface area contributed by atoms with Crippen LogP contribution in [0.1, 0.15) is 1.43 Å². The second-order valence-corrected chi connectivity index (χ2v) is 3.41. The minimum absolute atomic E-state index is 0. The van der Waals surface area contributed by atoms with Crippen LogP contribution in [0.2, 0.25) is 5.15 Å². The van der Waals surface area contributed by atoms with E-state index in [-0.39, 0.29) is 36.1 Å². The summed E-state index contributed by atoms with van der Waals surface area (Å²) in [5, 5.41) is 6.18. The summed E-state index contributed by atoms with van der Waals surface area (Å²) in [4.78, 5) is -0.436. The first-order valence-corrected chi connectivity index (χ1v) is 4.28. The van der Waals surface area contributed by atoms with Crippen molar-refractivity contribution >= 4 is 21.7 Å². The van der Waals surface area contributed by atoms with Crippen LogP contribution in [-0.2, 0) is 10.1 Å². The zero-order valence-electron chi connectivity index (χ0n) is 7.10. The molecule has 0 bridgehead atoms. The van der Waals surface area contributed by atoms with Gasteiger partial charge in [-0.2, -0.15) is 13.5 Å². The van der Waals surface area contributed by atoms with E-state index >= 15 is 0 Å². The van der Waals surface area contributed by atoms with Crippen molar-refractivity contribution in [3.63, 3.8) is 0 Å². The molecular weight excluding hydrogens is 215 g/mol. The molecule has 8 heteroatoms. The summed E-state index contributed by atoms with van der Waals surface area (Å²) in [6.45, 7) is 0. The largest absolute Gasteiger partial charge is 1.00 e. The Hall–Kier alpha value is 0.280. The van der Waals surface area contributed by atoms with Crippen molar-refractivity contribution in [2.45, 2.75) is 4.90 Å². The Labute approximate surface area is 97.7 Å². The molecule has 1 aromatic rings. The summed E-state index contributed by atoms with van der Waals surface area (Å²) in [7, 11) is -4.27. The molecule has 0 saturated carbocycles. The van der Waals surface area contributed by atoms with Crippen molar-refractivity contribution in [1.82, 2.24) is 10.2 Å². The molecular formula is C4H4ClN2NaO3S. The molecule has 1 N–H and O–H groups in total. The summed E-state index contributed by atoms with van der Waals surface area (Å²) >= 11 is 5.30. The molecule has 0 aromatic carbocycles. The van der Waals surface area contributed by atoms with E-state index in [0.29, 0.717) is 0 Å². The molecule has 0 aliphatic carbocycles. The average Bonchev–Trinajstić information content (AvgIpc) is 1.86. The molecule has 0 unspecified atom stereocenters. The average molecular weight is 219 g/mol. The molecule has 1 heterocycles. The van der Waals surface area contributed by atoms with Crippen LogP contribution in [0.25, 0.3) is 0 Å². The molecule has 0 spiro atoms. The van der Waals surface area contributed by atoms with E-state index in [2.05, 4.69) is 10.2 Å². The smallest absolute Gasteiger partial charge is 1.00 e. The first-order valence-electron chi connectivity index (χ1n) is 2.46. The number of halogens is 1. The third-order valence-electron chi connectivity index (χ3n) is 0.919. The van der Waals surface area contributed by atoms with Crippen LogP contribution in [0.15, 0.2) is 17.2 Å². The monoisotopic (exact) mass is 218 g/mol. The Kier molecular flexibility index (Phi) is 4.60. The quantitative estimate of drug-likeness (QED) is 0.416. The Morgan fingerprint density at radius 1 is 1.58 bits per heavy atom. The van der Waals surface area contributed by atoms with E-state index in [1.54, 1.807) is 0 Å². The van der Waals surface area contributed by atoms with Gasteiger partial charge in [-0.25, -0.2) is 0 Å². The van der Waals surface area contributed by atoms with Crippen molar-refractivity contribution in [3.05, 3.63) is 17.4 Å². The maximum absolute atomic E-state index is 10.5. The third kappa shape index (κ3) is 2.96. The minimum Gasteiger partial charge on any atom is -1.00 e. The van der Waals surface area contributed by atoms with Gasteiger partial charge in [0.15, 0.2) is 5.15 Å². The second kappa shape index (κ2) is 4.50. The maximum Gasteiger partial charge on any atom is 1.00 e. The van der Waals surface area contributed by atoms with Gasteiger partial charge in [0.2, 0.25) is 0 Å². The molecule has 0 radical (unpaired) electrons. The molecule has 0 atom stereocenters. The van der Waals surface area contributed by atoms with Crippen LogP contribution in [0.3, 0.4) is 0 Å². The standard InChI is InChI=1S/C4H3ClN2O3S.Na.H/c5-4-3(11(8,9)10)1-2-6-7-4;;/h1-2H,(H,8,9,10);;/q;+1;-1. The zero-order chi connectivity index (χ0) is 8.48. The van der Waals surface area contributed by atoms with Crippen LogP contribution in [0, 0.1) is 0 Å². The number of aromatic nitrogens is 2. The topological polar surface area (TPSA) is 80.2 Å². The van der Waals surface area contributed by atoms with Crippen LogP contribution < -0.4 is 29.6 Å². The van der Waals surface area contributed by atoms with Crippen LogP contribution in [-0.4, -0.2) is 23.2 Å². The van der Waals surface area contributed by atoms with E-state index in [1.165, 1.54) is 0 Å². The fraction of sp³-hybridized carbons (Fsp3) is 0. The number of rotatable bonds is 1. The summed E-state index contributed by atoms with van der Waals surface area (Å²) in [6, 6.07) is 1.06. The Morgan fingerprint density at radius 2 is 2.17 bits per heavy atom. The van der Waals surface area contributed by atoms with Crippen LogP contribution in [0.5, 0.6) is 0 Å². The van der Waals surface area contributed by atoms with Gasteiger partial charge in [0, 0.05) is 0 Å². The van der Waals surface area contributed by atoms with Gasteiger partial charge in [-0.05, 0) is 6.07 Å². The summed E-state index contributed by atoms with van der Waals surface area (Å²) in [5.74, 6) is 0. The normalized spacial score (nSPS) is 10.5. The van der Waals surface area contributed by atoms with E-state index in [9.17, 15) is 8.42 Å². The Bertz CT molecular complexity index is 373. The van der Waals surface area contributed by atoms with E-state index < -0.39 is 15.0 Å². The van der Waals surface area contributed by atoms with Gasteiger partial charge in [0.25, 0.3) is 10.1 Å². The summed E-state index contributed by atoms with van der Waals surface area (Å²) in [6.07, 6.45) is 1.12. The summed E-state index contributed by atoms with van der Waals surface area (Å²) in [5.41, 5.74) is 0. The van der Waals surface area contributed by atoms with Gasteiger partial charge >= 0.3 is 29.6 Å². The van der Waals surface area contributed by atoms with Crippen molar-refractivity contribution in [1.29, 1.82) is 0 Å². The van der Waals surface area contributed by atoms with E-state index in [4.69, 9.17) is 16.2 Å². The van der Waals surface area contributed by atoms with Gasteiger partial charge in [-0.1, -0.05) is 11.6 Å². The number of hydrogen-bond donors (Lipinski definition) is 1. The van der Waals surface area contributed by atoms with Crippen molar-refractivity contribution < 1.29 is 44.0 Å². The molecule has 1 rings (SSSR count). The molecule has 12 heavy (non-hydrogen) atoms. The molecule has 0 saturated heterocycles. The van der Waals surface area contributed by atoms with Gasteiger partial charge < -0.3 is 1.43 Å². The fourth-order valence-corrected chi connectivity index (χ4v) is 1.38. The van der Waals surface area contributed by atoms with E-state index in [1.807, 2.05) is 0 Å². The molecule has 0 aliphatic heterocycles. The van der Waals surface area contributed by atoms with Crippen LogP contribution >= 0.6 is 11.6 Å².